The Balaban J connectivity index is 2.50. The highest BCUT2D eigenvalue weighted by Crippen LogP contribution is 2.14. The molecule has 1 heterocycles. The second kappa shape index (κ2) is 6.36. The zero-order valence-corrected chi connectivity index (χ0v) is 11.2. The molecule has 1 rings (SSSR count). The molecule has 5 heteroatoms. The third kappa shape index (κ3) is 3.82. The van der Waals surface area contributed by atoms with Gasteiger partial charge in [-0.25, -0.2) is 4.98 Å². The molecule has 1 aromatic heterocycles. The van der Waals surface area contributed by atoms with Crippen LogP contribution in [0, 0.1) is 23.2 Å². The maximum atomic E-state index is 11.7. The van der Waals surface area contributed by atoms with Crippen molar-refractivity contribution in [1.82, 2.24) is 10.3 Å². The molecular formula is C12H17N3OS. The Morgan fingerprint density at radius 1 is 1.65 bits per heavy atom. The van der Waals surface area contributed by atoms with Gasteiger partial charge in [-0.05, 0) is 12.3 Å². The van der Waals surface area contributed by atoms with Crippen molar-refractivity contribution in [1.29, 1.82) is 5.26 Å². The summed E-state index contributed by atoms with van der Waals surface area (Å²) in [6, 6.07) is 2.02. The average Bonchev–Trinajstić information content (AvgIpc) is 2.74. The molecule has 0 spiro atoms. The van der Waals surface area contributed by atoms with Crippen molar-refractivity contribution >= 4 is 17.2 Å². The Bertz CT molecular complexity index is 420. The quantitative estimate of drug-likeness (QED) is 0.871. The van der Waals surface area contributed by atoms with E-state index < -0.39 is 5.92 Å². The van der Waals surface area contributed by atoms with Crippen LogP contribution in [0.25, 0.3) is 0 Å². The molecule has 0 aromatic carbocycles. The van der Waals surface area contributed by atoms with E-state index in [0.29, 0.717) is 6.54 Å². The van der Waals surface area contributed by atoms with Gasteiger partial charge in [0.15, 0.2) is 0 Å². The lowest BCUT2D eigenvalue weighted by molar-refractivity contribution is -0.124. The number of thiazole rings is 1. The normalized spacial score (nSPS) is 12.2. The van der Waals surface area contributed by atoms with Gasteiger partial charge >= 0.3 is 0 Å². The lowest BCUT2D eigenvalue weighted by Crippen LogP contribution is -2.32. The van der Waals surface area contributed by atoms with Gasteiger partial charge in [0.2, 0.25) is 5.91 Å². The van der Waals surface area contributed by atoms with Crippen LogP contribution in [0.3, 0.4) is 0 Å². The van der Waals surface area contributed by atoms with E-state index in [4.69, 9.17) is 5.26 Å². The van der Waals surface area contributed by atoms with E-state index in [9.17, 15) is 4.79 Å². The van der Waals surface area contributed by atoms with Gasteiger partial charge in [0.25, 0.3) is 0 Å². The van der Waals surface area contributed by atoms with Crippen molar-refractivity contribution in [3.63, 3.8) is 0 Å². The SMILES string of the molecule is CCc1cnc(CNC(=O)C(C#N)C(C)C)s1. The molecular weight excluding hydrogens is 234 g/mol. The van der Waals surface area contributed by atoms with Gasteiger partial charge in [0, 0.05) is 11.1 Å². The van der Waals surface area contributed by atoms with E-state index in [0.717, 1.165) is 11.4 Å². The van der Waals surface area contributed by atoms with Gasteiger partial charge in [-0.15, -0.1) is 11.3 Å². The van der Waals surface area contributed by atoms with Crippen molar-refractivity contribution in [2.45, 2.75) is 33.7 Å². The van der Waals surface area contributed by atoms with Crippen molar-refractivity contribution in [3.05, 3.63) is 16.1 Å². The van der Waals surface area contributed by atoms with Gasteiger partial charge in [0.1, 0.15) is 10.9 Å². The average molecular weight is 251 g/mol. The Morgan fingerprint density at radius 3 is 2.82 bits per heavy atom. The minimum atomic E-state index is -0.583. The number of nitrogens with zero attached hydrogens (tertiary/aromatic N) is 2. The fourth-order valence-corrected chi connectivity index (χ4v) is 2.18. The van der Waals surface area contributed by atoms with Crippen LogP contribution in [0.2, 0.25) is 0 Å². The molecule has 92 valence electrons. The van der Waals surface area contributed by atoms with Crippen LogP contribution < -0.4 is 5.32 Å². The minimum absolute atomic E-state index is 0.0301. The summed E-state index contributed by atoms with van der Waals surface area (Å²) < 4.78 is 0. The first-order valence-corrected chi connectivity index (χ1v) is 6.51. The third-order valence-corrected chi connectivity index (χ3v) is 3.59. The molecule has 0 aliphatic carbocycles. The van der Waals surface area contributed by atoms with Gasteiger partial charge in [-0.3, -0.25) is 4.79 Å². The number of carbonyl (C=O) groups excluding carboxylic acids is 1. The van der Waals surface area contributed by atoms with Crippen molar-refractivity contribution < 1.29 is 4.79 Å². The number of aromatic nitrogens is 1. The molecule has 0 radical (unpaired) electrons. The van der Waals surface area contributed by atoms with Crippen LogP contribution in [0.4, 0.5) is 0 Å². The maximum absolute atomic E-state index is 11.7. The lowest BCUT2D eigenvalue weighted by Gasteiger charge is -2.11. The fraction of sp³-hybridized carbons (Fsp3) is 0.583. The molecule has 1 amide bonds. The van der Waals surface area contributed by atoms with E-state index >= 15 is 0 Å². The Morgan fingerprint density at radius 2 is 2.35 bits per heavy atom. The Kier molecular flexibility index (Phi) is 5.11. The predicted octanol–water partition coefficient (Wildman–Crippen LogP) is 2.12. The van der Waals surface area contributed by atoms with E-state index in [1.54, 1.807) is 11.3 Å². The number of nitrogens with one attached hydrogen (secondary N) is 1. The minimum Gasteiger partial charge on any atom is -0.348 e. The van der Waals surface area contributed by atoms with Crippen LogP contribution in [-0.2, 0) is 17.8 Å². The molecule has 4 nitrogen and oxygen atoms in total. The zero-order valence-electron chi connectivity index (χ0n) is 10.4. The Labute approximate surface area is 106 Å². The van der Waals surface area contributed by atoms with Gasteiger partial charge in [-0.1, -0.05) is 20.8 Å². The molecule has 1 unspecified atom stereocenters. The Hall–Kier alpha value is -1.41. The zero-order chi connectivity index (χ0) is 12.8. The van der Waals surface area contributed by atoms with Gasteiger partial charge < -0.3 is 5.32 Å². The number of nitriles is 1. The number of amides is 1. The molecule has 1 atom stereocenters. The lowest BCUT2D eigenvalue weighted by atomic mass is 9.97. The summed E-state index contributed by atoms with van der Waals surface area (Å²) in [7, 11) is 0. The number of hydrogen-bond donors (Lipinski definition) is 1. The molecule has 0 fully saturated rings. The van der Waals surface area contributed by atoms with Gasteiger partial charge in [0.05, 0.1) is 12.6 Å². The second-order valence-electron chi connectivity index (χ2n) is 4.14. The highest BCUT2D eigenvalue weighted by molar-refractivity contribution is 7.11. The standard InChI is InChI=1S/C12H17N3OS/c1-4-9-6-14-11(17-9)7-15-12(16)10(5-13)8(2)3/h6,8,10H,4,7H2,1-3H3,(H,15,16). The van der Waals surface area contributed by atoms with Crippen LogP contribution in [0.5, 0.6) is 0 Å². The second-order valence-corrected chi connectivity index (χ2v) is 5.34. The fourth-order valence-electron chi connectivity index (χ4n) is 1.38. The van der Waals surface area contributed by atoms with E-state index in [-0.39, 0.29) is 11.8 Å². The largest absolute Gasteiger partial charge is 0.348 e. The highest BCUT2D eigenvalue weighted by Gasteiger charge is 2.21. The highest BCUT2D eigenvalue weighted by atomic mass is 32.1. The number of carbonyl (C=O) groups is 1. The number of rotatable bonds is 5. The topological polar surface area (TPSA) is 65.8 Å². The van der Waals surface area contributed by atoms with Gasteiger partial charge in [-0.2, -0.15) is 5.26 Å². The van der Waals surface area contributed by atoms with Crippen LogP contribution >= 0.6 is 11.3 Å². The first-order chi connectivity index (χ1) is 8.08. The smallest absolute Gasteiger partial charge is 0.237 e. The number of hydrogen-bond acceptors (Lipinski definition) is 4. The van der Waals surface area contributed by atoms with Crippen molar-refractivity contribution in [2.24, 2.45) is 11.8 Å². The number of aryl methyl sites for hydroxylation is 1. The first-order valence-electron chi connectivity index (χ1n) is 5.69. The molecule has 1 N–H and O–H groups in total. The summed E-state index contributed by atoms with van der Waals surface area (Å²) >= 11 is 1.59. The first kappa shape index (κ1) is 13.7. The molecule has 0 saturated heterocycles. The molecule has 0 aliphatic rings. The molecule has 0 aliphatic heterocycles. The molecule has 1 aromatic rings. The summed E-state index contributed by atoms with van der Waals surface area (Å²) in [5.41, 5.74) is 0. The molecule has 0 saturated carbocycles. The molecule has 0 bridgehead atoms. The van der Waals surface area contributed by atoms with Crippen LogP contribution in [-0.4, -0.2) is 10.9 Å². The summed E-state index contributed by atoms with van der Waals surface area (Å²) in [5.74, 6) is -0.765. The monoisotopic (exact) mass is 251 g/mol. The summed E-state index contributed by atoms with van der Waals surface area (Å²) in [4.78, 5) is 17.1. The van der Waals surface area contributed by atoms with Crippen molar-refractivity contribution in [2.75, 3.05) is 0 Å². The summed E-state index contributed by atoms with van der Waals surface area (Å²) in [6.45, 7) is 6.22. The summed E-state index contributed by atoms with van der Waals surface area (Å²) in [6.07, 6.45) is 2.79. The maximum Gasteiger partial charge on any atom is 0.237 e. The predicted molar refractivity (Wildman–Crippen MR) is 67.3 cm³/mol. The third-order valence-electron chi connectivity index (χ3n) is 2.45. The summed E-state index contributed by atoms with van der Waals surface area (Å²) in [5, 5.41) is 12.5. The van der Waals surface area contributed by atoms with E-state index in [1.807, 2.05) is 26.1 Å². The van der Waals surface area contributed by atoms with Crippen LogP contribution in [0.15, 0.2) is 6.20 Å². The molecule has 17 heavy (non-hydrogen) atoms. The van der Waals surface area contributed by atoms with Crippen molar-refractivity contribution in [3.8, 4) is 6.07 Å². The van der Waals surface area contributed by atoms with E-state index in [2.05, 4.69) is 17.2 Å². The van der Waals surface area contributed by atoms with Crippen LogP contribution in [0.1, 0.15) is 30.7 Å². The van der Waals surface area contributed by atoms with E-state index in [1.165, 1.54) is 4.88 Å².